The molecule has 1 N–H and O–H groups in total. The molecule has 0 aliphatic heterocycles. The zero-order chi connectivity index (χ0) is 12.1. The molecule has 1 aromatic heterocycles. The van der Waals surface area contributed by atoms with Crippen LogP contribution in [-0.2, 0) is 4.74 Å². The second-order valence-corrected chi connectivity index (χ2v) is 3.17. The molecule has 0 spiro atoms. The number of amides is 1. The molecular formula is C11H11N3O3. The predicted molar refractivity (Wildman–Crippen MR) is 60.4 cm³/mol. The lowest BCUT2D eigenvalue weighted by atomic mass is 10.2. The molecule has 88 valence electrons. The molecule has 0 unspecified atom stereocenters. The summed E-state index contributed by atoms with van der Waals surface area (Å²) in [5.41, 5.74) is 1.43. The number of carbonyl (C=O) groups is 1. The molecule has 0 saturated heterocycles. The standard InChI is InChI=1S/C11H11N3O3/c1-2-16-11(15)13-9-5-3-8(4-6-9)10-14-12-7-17-10/h3-7H,2H2,1H3,(H,13,15). The molecule has 1 aromatic carbocycles. The Kier molecular flexibility index (Phi) is 3.34. The van der Waals surface area contributed by atoms with E-state index in [1.807, 2.05) is 0 Å². The van der Waals surface area contributed by atoms with E-state index in [1.165, 1.54) is 6.39 Å². The molecule has 6 nitrogen and oxygen atoms in total. The Balaban J connectivity index is 2.06. The molecule has 0 atom stereocenters. The average Bonchev–Trinajstić information content (AvgIpc) is 2.84. The van der Waals surface area contributed by atoms with Crippen molar-refractivity contribution in [2.24, 2.45) is 0 Å². The predicted octanol–water partition coefficient (Wildman–Crippen LogP) is 2.30. The van der Waals surface area contributed by atoms with Crippen LogP contribution in [0.25, 0.3) is 11.5 Å². The summed E-state index contributed by atoms with van der Waals surface area (Å²) in [7, 11) is 0. The first-order valence-electron chi connectivity index (χ1n) is 5.10. The van der Waals surface area contributed by atoms with Gasteiger partial charge in [0.1, 0.15) is 0 Å². The minimum atomic E-state index is -0.474. The Labute approximate surface area is 97.6 Å². The van der Waals surface area contributed by atoms with Crippen LogP contribution in [0.4, 0.5) is 10.5 Å². The summed E-state index contributed by atoms with van der Waals surface area (Å²) in [5, 5.41) is 9.95. The molecule has 0 radical (unpaired) electrons. The monoisotopic (exact) mass is 233 g/mol. The first-order valence-corrected chi connectivity index (χ1v) is 5.10. The van der Waals surface area contributed by atoms with Gasteiger partial charge in [0.2, 0.25) is 12.3 Å². The number of carbonyl (C=O) groups excluding carboxylic acids is 1. The molecule has 17 heavy (non-hydrogen) atoms. The van der Waals surface area contributed by atoms with Gasteiger partial charge in [0.15, 0.2) is 0 Å². The topological polar surface area (TPSA) is 77.2 Å². The van der Waals surface area contributed by atoms with Crippen molar-refractivity contribution < 1.29 is 13.9 Å². The number of hydrogen-bond donors (Lipinski definition) is 1. The van der Waals surface area contributed by atoms with Gasteiger partial charge in [0.25, 0.3) is 0 Å². The Morgan fingerprint density at radius 2 is 2.18 bits per heavy atom. The highest BCUT2D eigenvalue weighted by Gasteiger charge is 2.05. The summed E-state index contributed by atoms with van der Waals surface area (Å²) in [4.78, 5) is 11.2. The molecule has 1 heterocycles. The van der Waals surface area contributed by atoms with Gasteiger partial charge >= 0.3 is 6.09 Å². The number of rotatable bonds is 3. The van der Waals surface area contributed by atoms with Crippen LogP contribution in [0.2, 0.25) is 0 Å². The van der Waals surface area contributed by atoms with Crippen LogP contribution in [-0.4, -0.2) is 22.9 Å². The second-order valence-electron chi connectivity index (χ2n) is 3.17. The number of benzene rings is 1. The van der Waals surface area contributed by atoms with Crippen LogP contribution in [0.15, 0.2) is 35.1 Å². The highest BCUT2D eigenvalue weighted by Crippen LogP contribution is 2.18. The lowest BCUT2D eigenvalue weighted by molar-refractivity contribution is 0.168. The SMILES string of the molecule is CCOC(=O)Nc1ccc(-c2nnco2)cc1. The van der Waals surface area contributed by atoms with Gasteiger partial charge in [-0.3, -0.25) is 5.32 Å². The van der Waals surface area contributed by atoms with Gasteiger partial charge < -0.3 is 9.15 Å². The Hall–Kier alpha value is -2.37. The first kappa shape index (κ1) is 11.1. The summed E-state index contributed by atoms with van der Waals surface area (Å²) in [5.74, 6) is 0.438. The maximum Gasteiger partial charge on any atom is 0.411 e. The molecule has 0 bridgehead atoms. The van der Waals surface area contributed by atoms with Crippen LogP contribution < -0.4 is 5.32 Å². The van der Waals surface area contributed by atoms with Gasteiger partial charge in [0, 0.05) is 11.3 Å². The largest absolute Gasteiger partial charge is 0.450 e. The molecule has 0 aliphatic rings. The van der Waals surface area contributed by atoms with Gasteiger partial charge in [0.05, 0.1) is 6.61 Å². The molecule has 0 aliphatic carbocycles. The average molecular weight is 233 g/mol. The summed E-state index contributed by atoms with van der Waals surface area (Å²) >= 11 is 0. The van der Waals surface area contributed by atoms with E-state index < -0.39 is 6.09 Å². The van der Waals surface area contributed by atoms with E-state index in [0.29, 0.717) is 18.2 Å². The first-order chi connectivity index (χ1) is 8.29. The van der Waals surface area contributed by atoms with Crippen molar-refractivity contribution >= 4 is 11.8 Å². The number of anilines is 1. The third-order valence-electron chi connectivity index (χ3n) is 2.01. The second kappa shape index (κ2) is 5.11. The van der Waals surface area contributed by atoms with Crippen molar-refractivity contribution in [2.45, 2.75) is 6.92 Å². The van der Waals surface area contributed by atoms with Crippen LogP contribution in [0.3, 0.4) is 0 Å². The number of aromatic nitrogens is 2. The minimum absolute atomic E-state index is 0.339. The van der Waals surface area contributed by atoms with E-state index in [1.54, 1.807) is 31.2 Å². The van der Waals surface area contributed by atoms with E-state index >= 15 is 0 Å². The van der Waals surface area contributed by atoms with Crippen molar-refractivity contribution in [1.29, 1.82) is 0 Å². The van der Waals surface area contributed by atoms with E-state index in [4.69, 9.17) is 9.15 Å². The van der Waals surface area contributed by atoms with Crippen LogP contribution >= 0.6 is 0 Å². The van der Waals surface area contributed by atoms with Crippen LogP contribution in [0.5, 0.6) is 0 Å². The fourth-order valence-electron chi connectivity index (χ4n) is 1.28. The maximum atomic E-state index is 11.2. The molecule has 0 saturated carbocycles. The third kappa shape index (κ3) is 2.81. The Morgan fingerprint density at radius 3 is 2.76 bits per heavy atom. The number of hydrogen-bond acceptors (Lipinski definition) is 5. The third-order valence-corrected chi connectivity index (χ3v) is 2.01. The highest BCUT2D eigenvalue weighted by molar-refractivity contribution is 5.84. The van der Waals surface area contributed by atoms with E-state index in [-0.39, 0.29) is 0 Å². The van der Waals surface area contributed by atoms with Gasteiger partial charge in [-0.25, -0.2) is 4.79 Å². The summed E-state index contributed by atoms with van der Waals surface area (Å²) in [6.07, 6.45) is 0.790. The highest BCUT2D eigenvalue weighted by atomic mass is 16.5. The lowest BCUT2D eigenvalue weighted by Gasteiger charge is -2.04. The fraction of sp³-hybridized carbons (Fsp3) is 0.182. The van der Waals surface area contributed by atoms with Crippen molar-refractivity contribution in [2.75, 3.05) is 11.9 Å². The van der Waals surface area contributed by atoms with Gasteiger partial charge in [-0.05, 0) is 31.2 Å². The van der Waals surface area contributed by atoms with Crippen LogP contribution in [0, 0.1) is 0 Å². The molecular weight excluding hydrogens is 222 g/mol. The van der Waals surface area contributed by atoms with Crippen molar-refractivity contribution in [3.63, 3.8) is 0 Å². The van der Waals surface area contributed by atoms with Crippen LogP contribution in [0.1, 0.15) is 6.92 Å². The van der Waals surface area contributed by atoms with Crippen molar-refractivity contribution in [1.82, 2.24) is 10.2 Å². The minimum Gasteiger partial charge on any atom is -0.450 e. The lowest BCUT2D eigenvalue weighted by Crippen LogP contribution is -2.12. The normalized spacial score (nSPS) is 9.94. The van der Waals surface area contributed by atoms with Gasteiger partial charge in [-0.2, -0.15) is 0 Å². The van der Waals surface area contributed by atoms with Crippen molar-refractivity contribution in [3.8, 4) is 11.5 Å². The van der Waals surface area contributed by atoms with Gasteiger partial charge in [-0.15, -0.1) is 10.2 Å². The van der Waals surface area contributed by atoms with E-state index in [2.05, 4.69) is 15.5 Å². The molecule has 2 rings (SSSR count). The molecule has 0 fully saturated rings. The summed E-state index contributed by atoms with van der Waals surface area (Å²) in [6.45, 7) is 2.09. The van der Waals surface area contributed by atoms with Gasteiger partial charge in [-0.1, -0.05) is 0 Å². The Morgan fingerprint density at radius 1 is 1.41 bits per heavy atom. The number of nitrogens with one attached hydrogen (secondary N) is 1. The summed E-state index contributed by atoms with van der Waals surface area (Å²) in [6, 6.07) is 7.01. The van der Waals surface area contributed by atoms with E-state index in [0.717, 1.165) is 5.56 Å². The molecule has 2 aromatic rings. The van der Waals surface area contributed by atoms with Crippen molar-refractivity contribution in [3.05, 3.63) is 30.7 Å². The number of ether oxygens (including phenoxy) is 1. The zero-order valence-electron chi connectivity index (χ0n) is 9.21. The van der Waals surface area contributed by atoms with E-state index in [9.17, 15) is 4.79 Å². The fourth-order valence-corrected chi connectivity index (χ4v) is 1.28. The maximum absolute atomic E-state index is 11.2. The quantitative estimate of drug-likeness (QED) is 0.880. The number of nitrogens with zero attached hydrogens (tertiary/aromatic N) is 2. The Bertz CT molecular complexity index is 479. The smallest absolute Gasteiger partial charge is 0.411 e. The zero-order valence-corrected chi connectivity index (χ0v) is 9.21. The molecule has 1 amide bonds. The molecule has 6 heteroatoms. The summed E-state index contributed by atoms with van der Waals surface area (Å²) < 4.78 is 9.80.